The van der Waals surface area contributed by atoms with Gasteiger partial charge in [0.2, 0.25) is 10.0 Å². The molecule has 1 aromatic carbocycles. The Morgan fingerprint density at radius 1 is 1.33 bits per heavy atom. The van der Waals surface area contributed by atoms with Crippen LogP contribution in [0.25, 0.3) is 0 Å². The zero-order valence-electron chi connectivity index (χ0n) is 10.5. The molecule has 0 saturated heterocycles. The van der Waals surface area contributed by atoms with Crippen LogP contribution < -0.4 is 5.73 Å². The van der Waals surface area contributed by atoms with Gasteiger partial charge in [-0.2, -0.15) is 17.5 Å². The Balaban J connectivity index is 2.49. The molecule has 10 heteroatoms. The molecule has 0 unspecified atom stereocenters. The minimum absolute atomic E-state index is 0.0652. The number of hydrogen-bond donors (Lipinski definition) is 1. The number of rotatable bonds is 4. The van der Waals surface area contributed by atoms with Gasteiger partial charge in [0.15, 0.2) is 5.82 Å². The molecule has 0 radical (unpaired) electrons. The molecule has 0 heterocycles. The molecule has 1 aliphatic carbocycles. The SMILES string of the molecule is Nc1cc(Br)c(F)c(S(=O)(=O)N(CC(F)(F)F)C2CC2)c1. The second-order valence-corrected chi connectivity index (χ2v) is 7.42. The van der Waals surface area contributed by atoms with Crippen LogP contribution in [0.4, 0.5) is 23.2 Å². The standard InChI is InChI=1S/C11H11BrF4N2O2S/c12-8-3-6(17)4-9(10(8)13)21(19,20)18(7-1-2-7)5-11(14,15)16/h3-4,7H,1-2,5,17H2. The molecule has 0 amide bonds. The summed E-state index contributed by atoms with van der Waals surface area (Å²) in [5, 5.41) is 0. The van der Waals surface area contributed by atoms with Crippen LogP contribution in [0.5, 0.6) is 0 Å². The molecule has 0 bridgehead atoms. The van der Waals surface area contributed by atoms with Gasteiger partial charge >= 0.3 is 6.18 Å². The molecule has 1 aliphatic rings. The fourth-order valence-corrected chi connectivity index (χ4v) is 4.25. The van der Waals surface area contributed by atoms with Crippen molar-refractivity contribution in [3.63, 3.8) is 0 Å². The molecule has 0 aliphatic heterocycles. The smallest absolute Gasteiger partial charge is 0.399 e. The van der Waals surface area contributed by atoms with Crippen LogP contribution in [0.15, 0.2) is 21.5 Å². The van der Waals surface area contributed by atoms with Crippen molar-refractivity contribution in [2.45, 2.75) is 30.0 Å². The van der Waals surface area contributed by atoms with Crippen LogP contribution in [0.2, 0.25) is 0 Å². The molecule has 0 aromatic heterocycles. The molecule has 1 fully saturated rings. The maximum atomic E-state index is 14.0. The Hall–Kier alpha value is -0.870. The van der Waals surface area contributed by atoms with Gasteiger partial charge in [-0.15, -0.1) is 0 Å². The Morgan fingerprint density at radius 2 is 1.90 bits per heavy atom. The maximum Gasteiger partial charge on any atom is 0.402 e. The topological polar surface area (TPSA) is 63.4 Å². The summed E-state index contributed by atoms with van der Waals surface area (Å²) < 4.78 is 76.4. The van der Waals surface area contributed by atoms with Crippen LogP contribution in [0, 0.1) is 5.82 Å². The van der Waals surface area contributed by atoms with E-state index in [0.717, 1.165) is 12.1 Å². The fraction of sp³-hybridized carbons (Fsp3) is 0.455. The van der Waals surface area contributed by atoms with E-state index in [2.05, 4.69) is 15.9 Å². The summed E-state index contributed by atoms with van der Waals surface area (Å²) in [6, 6.07) is 1.21. The molecule has 2 rings (SSSR count). The van der Waals surface area contributed by atoms with Crippen molar-refractivity contribution in [3.8, 4) is 0 Å². The zero-order chi connectivity index (χ0) is 16.0. The summed E-state index contributed by atoms with van der Waals surface area (Å²) in [5.74, 6) is -1.16. The van der Waals surface area contributed by atoms with Gasteiger partial charge in [0.05, 0.1) is 4.47 Å². The van der Waals surface area contributed by atoms with Crippen molar-refractivity contribution in [3.05, 3.63) is 22.4 Å². The molecule has 4 nitrogen and oxygen atoms in total. The van der Waals surface area contributed by atoms with Gasteiger partial charge < -0.3 is 5.73 Å². The van der Waals surface area contributed by atoms with E-state index in [1.165, 1.54) is 0 Å². The van der Waals surface area contributed by atoms with E-state index in [9.17, 15) is 26.0 Å². The Bertz CT molecular complexity index is 659. The largest absolute Gasteiger partial charge is 0.402 e. The van der Waals surface area contributed by atoms with Gasteiger partial charge in [0.1, 0.15) is 11.4 Å². The lowest BCUT2D eigenvalue weighted by Crippen LogP contribution is -2.40. The van der Waals surface area contributed by atoms with Crippen molar-refractivity contribution in [2.75, 3.05) is 12.3 Å². The predicted octanol–water partition coefficient (Wildman–Crippen LogP) is 2.89. The molecule has 2 N–H and O–H groups in total. The average molecular weight is 391 g/mol. The number of halogens is 5. The third-order valence-electron chi connectivity index (χ3n) is 2.89. The molecular weight excluding hydrogens is 380 g/mol. The van der Waals surface area contributed by atoms with Crippen LogP contribution in [-0.4, -0.2) is 31.5 Å². The van der Waals surface area contributed by atoms with Crippen LogP contribution in [0.3, 0.4) is 0 Å². The highest BCUT2D eigenvalue weighted by molar-refractivity contribution is 9.10. The average Bonchev–Trinajstić information content (AvgIpc) is 3.13. The summed E-state index contributed by atoms with van der Waals surface area (Å²) in [5.41, 5.74) is 5.38. The van der Waals surface area contributed by atoms with Crippen LogP contribution in [-0.2, 0) is 10.0 Å². The van der Waals surface area contributed by atoms with Crippen molar-refractivity contribution in [1.29, 1.82) is 0 Å². The third kappa shape index (κ3) is 3.67. The van der Waals surface area contributed by atoms with E-state index in [1.54, 1.807) is 0 Å². The predicted molar refractivity (Wildman–Crippen MR) is 71.5 cm³/mol. The Kier molecular flexibility index (Phi) is 4.24. The first-order valence-electron chi connectivity index (χ1n) is 5.85. The highest BCUT2D eigenvalue weighted by Crippen LogP contribution is 2.37. The van der Waals surface area contributed by atoms with Crippen LogP contribution >= 0.6 is 15.9 Å². The highest BCUT2D eigenvalue weighted by atomic mass is 79.9. The lowest BCUT2D eigenvalue weighted by atomic mass is 10.3. The third-order valence-corrected chi connectivity index (χ3v) is 5.37. The summed E-state index contributed by atoms with van der Waals surface area (Å²) in [6.07, 6.45) is -4.06. The van der Waals surface area contributed by atoms with Gasteiger partial charge in [-0.1, -0.05) is 0 Å². The number of nitrogens with two attached hydrogens (primary N) is 1. The molecule has 1 aromatic rings. The first-order chi connectivity index (χ1) is 9.52. The normalized spacial score (nSPS) is 16.5. The first kappa shape index (κ1) is 16.5. The van der Waals surface area contributed by atoms with E-state index in [1.807, 2.05) is 0 Å². The Labute approximate surface area is 127 Å². The second-order valence-electron chi connectivity index (χ2n) is 4.71. The number of nitrogen functional groups attached to an aromatic ring is 1. The van der Waals surface area contributed by atoms with Gasteiger partial charge in [-0.05, 0) is 40.9 Å². The Morgan fingerprint density at radius 3 is 2.38 bits per heavy atom. The summed E-state index contributed by atoms with van der Waals surface area (Å²) in [6.45, 7) is -1.65. The molecular formula is C11H11BrF4N2O2S. The lowest BCUT2D eigenvalue weighted by Gasteiger charge is -2.23. The zero-order valence-corrected chi connectivity index (χ0v) is 12.9. The van der Waals surface area contributed by atoms with E-state index in [4.69, 9.17) is 5.73 Å². The monoisotopic (exact) mass is 390 g/mol. The molecule has 0 spiro atoms. The summed E-state index contributed by atoms with van der Waals surface area (Å²) in [4.78, 5) is -0.856. The van der Waals surface area contributed by atoms with E-state index in [0.29, 0.717) is 12.8 Å². The summed E-state index contributed by atoms with van der Waals surface area (Å²) in [7, 11) is -4.62. The highest BCUT2D eigenvalue weighted by Gasteiger charge is 2.45. The number of sulfonamides is 1. The van der Waals surface area contributed by atoms with E-state index < -0.39 is 39.5 Å². The van der Waals surface area contributed by atoms with Crippen molar-refractivity contribution in [2.24, 2.45) is 0 Å². The molecule has 1 saturated carbocycles. The number of anilines is 1. The molecule has 118 valence electrons. The lowest BCUT2D eigenvalue weighted by molar-refractivity contribution is -0.137. The minimum Gasteiger partial charge on any atom is -0.399 e. The van der Waals surface area contributed by atoms with E-state index >= 15 is 0 Å². The van der Waals surface area contributed by atoms with E-state index in [-0.39, 0.29) is 14.5 Å². The fourth-order valence-electron chi connectivity index (χ4n) is 1.85. The van der Waals surface area contributed by atoms with Crippen molar-refractivity contribution >= 4 is 31.6 Å². The number of benzene rings is 1. The van der Waals surface area contributed by atoms with Crippen molar-refractivity contribution < 1.29 is 26.0 Å². The number of nitrogens with zero attached hydrogens (tertiary/aromatic N) is 1. The number of alkyl halides is 3. The van der Waals surface area contributed by atoms with Gasteiger partial charge in [0, 0.05) is 11.7 Å². The first-order valence-corrected chi connectivity index (χ1v) is 8.09. The minimum atomic E-state index is -4.70. The number of hydrogen-bond acceptors (Lipinski definition) is 3. The molecule has 21 heavy (non-hydrogen) atoms. The maximum absolute atomic E-state index is 14.0. The van der Waals surface area contributed by atoms with Gasteiger partial charge in [-0.3, -0.25) is 0 Å². The van der Waals surface area contributed by atoms with Gasteiger partial charge in [-0.25, -0.2) is 12.8 Å². The quantitative estimate of drug-likeness (QED) is 0.634. The molecule has 0 atom stereocenters. The van der Waals surface area contributed by atoms with Gasteiger partial charge in [0.25, 0.3) is 0 Å². The van der Waals surface area contributed by atoms with Crippen molar-refractivity contribution in [1.82, 2.24) is 4.31 Å². The summed E-state index contributed by atoms with van der Waals surface area (Å²) >= 11 is 2.79. The second kappa shape index (κ2) is 5.40. The van der Waals surface area contributed by atoms with Crippen LogP contribution in [0.1, 0.15) is 12.8 Å².